The van der Waals surface area contributed by atoms with Crippen LogP contribution in [0, 0.1) is 0 Å². The molecule has 0 radical (unpaired) electrons. The van der Waals surface area contributed by atoms with E-state index in [-0.39, 0.29) is 18.7 Å². The molecule has 0 aliphatic carbocycles. The number of hydrogen-bond acceptors (Lipinski definition) is 5. The van der Waals surface area contributed by atoms with Crippen molar-refractivity contribution in [1.82, 2.24) is 0 Å². The summed E-state index contributed by atoms with van der Waals surface area (Å²) in [5.74, 6) is 0. The molecule has 2 aromatic rings. The molecule has 0 unspecified atom stereocenters. The monoisotopic (exact) mass is 307 g/mol. The highest BCUT2D eigenvalue weighted by atomic mass is 31.2. The van der Waals surface area contributed by atoms with Gasteiger partial charge in [-0.2, -0.15) is 0 Å². The Morgan fingerprint density at radius 2 is 1.71 bits per heavy atom. The van der Waals surface area contributed by atoms with E-state index in [1.807, 2.05) is 36.4 Å². The Hall–Kier alpha value is -1.68. The molecule has 21 heavy (non-hydrogen) atoms. The molecule has 6 heteroatoms. The number of fused-ring (bicyclic) bond motifs is 1. The average Bonchev–Trinajstić information content (AvgIpc) is 2.48. The largest absolute Gasteiger partial charge is 0.410 e. The van der Waals surface area contributed by atoms with Crippen molar-refractivity contribution in [3.63, 3.8) is 0 Å². The number of rotatable bonds is 6. The molecule has 0 spiro atoms. The second-order valence-electron chi connectivity index (χ2n) is 4.28. The molecule has 1 N–H and O–H groups in total. The molecule has 2 rings (SSSR count). The van der Waals surface area contributed by atoms with Gasteiger partial charge in [0.05, 0.1) is 13.2 Å². The number of benzene rings is 2. The van der Waals surface area contributed by atoms with E-state index in [0.717, 1.165) is 10.8 Å². The minimum atomic E-state index is -3.66. The fourth-order valence-electron chi connectivity index (χ4n) is 2.18. The SMILES string of the molecule is CCOP(=O)(OCC)/C(=N/O)c1cccc2ccccc12. The van der Waals surface area contributed by atoms with Crippen molar-refractivity contribution >= 4 is 23.8 Å². The van der Waals surface area contributed by atoms with Crippen LogP contribution in [0.25, 0.3) is 10.8 Å². The van der Waals surface area contributed by atoms with Gasteiger partial charge >= 0.3 is 7.60 Å². The van der Waals surface area contributed by atoms with Gasteiger partial charge in [-0.15, -0.1) is 0 Å². The van der Waals surface area contributed by atoms with E-state index >= 15 is 0 Å². The molecular weight excluding hydrogens is 289 g/mol. The van der Waals surface area contributed by atoms with Crippen LogP contribution < -0.4 is 0 Å². The van der Waals surface area contributed by atoms with E-state index in [9.17, 15) is 9.77 Å². The van der Waals surface area contributed by atoms with Crippen molar-refractivity contribution in [3.8, 4) is 0 Å². The van der Waals surface area contributed by atoms with Gasteiger partial charge in [-0.25, -0.2) is 0 Å². The van der Waals surface area contributed by atoms with E-state index in [1.54, 1.807) is 19.9 Å². The van der Waals surface area contributed by atoms with Crippen LogP contribution in [-0.4, -0.2) is 23.9 Å². The lowest BCUT2D eigenvalue weighted by molar-refractivity contribution is 0.230. The fourth-order valence-corrected chi connectivity index (χ4v) is 3.77. The highest BCUT2D eigenvalue weighted by Crippen LogP contribution is 2.52. The summed E-state index contributed by atoms with van der Waals surface area (Å²) in [5, 5.41) is 14.4. The van der Waals surface area contributed by atoms with Crippen molar-refractivity contribution < 1.29 is 18.8 Å². The zero-order chi connectivity index (χ0) is 15.3. The summed E-state index contributed by atoms with van der Waals surface area (Å²) in [4.78, 5) is 0. The summed E-state index contributed by atoms with van der Waals surface area (Å²) in [7, 11) is -3.66. The van der Waals surface area contributed by atoms with Crippen LogP contribution in [0.5, 0.6) is 0 Å². The van der Waals surface area contributed by atoms with E-state index in [2.05, 4.69) is 5.16 Å². The first-order valence-electron chi connectivity index (χ1n) is 6.76. The van der Waals surface area contributed by atoms with Crippen molar-refractivity contribution in [2.45, 2.75) is 13.8 Å². The molecular formula is C15H18NO4P. The van der Waals surface area contributed by atoms with Gasteiger partial charge in [0.2, 0.25) is 0 Å². The first-order chi connectivity index (χ1) is 10.2. The van der Waals surface area contributed by atoms with Gasteiger partial charge in [0.25, 0.3) is 0 Å². The van der Waals surface area contributed by atoms with Gasteiger partial charge in [-0.1, -0.05) is 47.6 Å². The molecule has 0 fully saturated rings. The van der Waals surface area contributed by atoms with E-state index in [4.69, 9.17) is 9.05 Å². The molecule has 0 heterocycles. The molecule has 5 nitrogen and oxygen atoms in total. The third-order valence-corrected chi connectivity index (χ3v) is 5.03. The lowest BCUT2D eigenvalue weighted by Gasteiger charge is -2.18. The van der Waals surface area contributed by atoms with Gasteiger partial charge in [0.15, 0.2) is 5.45 Å². The van der Waals surface area contributed by atoms with Crippen LogP contribution in [0.3, 0.4) is 0 Å². The highest BCUT2D eigenvalue weighted by molar-refractivity contribution is 7.73. The Kier molecular flexibility index (Phi) is 5.12. The van der Waals surface area contributed by atoms with Gasteiger partial charge in [0, 0.05) is 5.56 Å². The van der Waals surface area contributed by atoms with E-state index in [0.29, 0.717) is 5.56 Å². The Morgan fingerprint density at radius 1 is 1.10 bits per heavy atom. The van der Waals surface area contributed by atoms with Crippen LogP contribution in [0.4, 0.5) is 0 Å². The predicted molar refractivity (Wildman–Crippen MR) is 83.1 cm³/mol. The second kappa shape index (κ2) is 6.85. The molecule has 0 aliphatic rings. The van der Waals surface area contributed by atoms with Crippen LogP contribution in [-0.2, 0) is 13.6 Å². The standard InChI is InChI=1S/C15H18NO4P/c1-3-19-21(18,20-4-2)15(16-17)14-11-7-9-12-8-5-6-10-13(12)14/h5-11,17H,3-4H2,1-2H3/b16-15+. The molecule has 112 valence electrons. The van der Waals surface area contributed by atoms with E-state index < -0.39 is 7.60 Å². The summed E-state index contributed by atoms with van der Waals surface area (Å²) >= 11 is 0. The minimum Gasteiger partial charge on any atom is -0.410 e. The summed E-state index contributed by atoms with van der Waals surface area (Å²) in [6.45, 7) is 3.82. The third-order valence-electron chi connectivity index (χ3n) is 2.98. The van der Waals surface area contributed by atoms with Crippen LogP contribution >= 0.6 is 7.60 Å². The van der Waals surface area contributed by atoms with Crippen molar-refractivity contribution in [1.29, 1.82) is 0 Å². The van der Waals surface area contributed by atoms with Crippen LogP contribution in [0.15, 0.2) is 47.6 Å². The topological polar surface area (TPSA) is 68.1 Å². The third kappa shape index (κ3) is 3.16. The maximum Gasteiger partial charge on any atom is 0.383 e. The van der Waals surface area contributed by atoms with Crippen molar-refractivity contribution in [3.05, 3.63) is 48.0 Å². The Labute approximate surface area is 123 Å². The molecule has 2 aromatic carbocycles. The Balaban J connectivity index is 2.61. The molecule has 0 saturated heterocycles. The molecule has 0 aliphatic heterocycles. The zero-order valence-corrected chi connectivity index (χ0v) is 12.9. The van der Waals surface area contributed by atoms with Gasteiger partial charge in [-0.05, 0) is 24.6 Å². The quantitative estimate of drug-likeness (QED) is 0.375. The smallest absolute Gasteiger partial charge is 0.383 e. The number of oxime groups is 1. The first kappa shape index (κ1) is 15.7. The van der Waals surface area contributed by atoms with Crippen molar-refractivity contribution in [2.24, 2.45) is 5.16 Å². The first-order valence-corrected chi connectivity index (χ1v) is 8.30. The summed E-state index contributed by atoms with van der Waals surface area (Å²) in [6.07, 6.45) is 0. The lowest BCUT2D eigenvalue weighted by atomic mass is 10.1. The van der Waals surface area contributed by atoms with Gasteiger partial charge in [0.1, 0.15) is 0 Å². The minimum absolute atomic E-state index is 0.0667. The van der Waals surface area contributed by atoms with Gasteiger partial charge < -0.3 is 14.3 Å². The summed E-state index contributed by atoms with van der Waals surface area (Å²) in [5.41, 5.74) is 0.476. The molecule has 0 saturated carbocycles. The maximum atomic E-state index is 12.9. The number of nitrogens with zero attached hydrogens (tertiary/aromatic N) is 1. The molecule has 0 atom stereocenters. The molecule has 0 amide bonds. The Bertz CT molecular complexity index is 684. The molecule has 0 bridgehead atoms. The van der Waals surface area contributed by atoms with Gasteiger partial charge in [-0.3, -0.25) is 4.57 Å². The second-order valence-corrected chi connectivity index (χ2v) is 6.22. The van der Waals surface area contributed by atoms with Crippen LogP contribution in [0.1, 0.15) is 19.4 Å². The Morgan fingerprint density at radius 3 is 2.33 bits per heavy atom. The summed E-state index contributed by atoms with van der Waals surface area (Å²) < 4.78 is 23.4. The molecule has 0 aromatic heterocycles. The van der Waals surface area contributed by atoms with Crippen molar-refractivity contribution in [2.75, 3.05) is 13.2 Å². The zero-order valence-electron chi connectivity index (χ0n) is 12.0. The normalized spacial score (nSPS) is 12.8. The highest BCUT2D eigenvalue weighted by Gasteiger charge is 2.34. The lowest BCUT2D eigenvalue weighted by Crippen LogP contribution is -2.09. The maximum absolute atomic E-state index is 12.9. The fraction of sp³-hybridized carbons (Fsp3) is 0.267. The van der Waals surface area contributed by atoms with Crippen LogP contribution in [0.2, 0.25) is 0 Å². The average molecular weight is 307 g/mol. The van der Waals surface area contributed by atoms with E-state index in [1.165, 1.54) is 0 Å². The predicted octanol–water partition coefficient (Wildman–Crippen LogP) is 4.24. The summed E-state index contributed by atoms with van der Waals surface area (Å²) in [6, 6.07) is 13.1. The number of hydrogen-bond donors (Lipinski definition) is 1.